The number of hydrogen-bond donors (Lipinski definition) is 0. The van der Waals surface area contributed by atoms with Crippen LogP contribution >= 0.6 is 0 Å². The van der Waals surface area contributed by atoms with Gasteiger partial charge in [0, 0.05) is 18.8 Å². The molecule has 1 aromatic heterocycles. The van der Waals surface area contributed by atoms with Crippen molar-refractivity contribution in [3.8, 4) is 22.6 Å². The van der Waals surface area contributed by atoms with Crippen LogP contribution in [0.2, 0.25) is 0 Å². The molecular weight excluding hydrogens is 302 g/mol. The van der Waals surface area contributed by atoms with Crippen LogP contribution < -0.4 is 14.9 Å². The van der Waals surface area contributed by atoms with Crippen LogP contribution in [0.3, 0.4) is 0 Å². The molecule has 0 N–H and O–H groups in total. The molecule has 124 valence electrons. The maximum atomic E-state index is 13.2. The lowest BCUT2D eigenvalue weighted by Crippen LogP contribution is -2.13. The summed E-state index contributed by atoms with van der Waals surface area (Å²) in [5, 5.41) is 0.729. The Morgan fingerprint density at radius 1 is 1.00 bits per heavy atom. The zero-order chi connectivity index (χ0) is 17.3. The maximum Gasteiger partial charge on any atom is 0.197 e. The van der Waals surface area contributed by atoms with E-state index in [1.165, 1.54) is 0 Å². The first-order valence-electron chi connectivity index (χ1n) is 7.94. The molecule has 1 heterocycles. The van der Waals surface area contributed by atoms with Crippen molar-refractivity contribution in [3.05, 3.63) is 58.4 Å². The third kappa shape index (κ3) is 2.54. The quantitative estimate of drug-likeness (QED) is 0.733. The van der Waals surface area contributed by atoms with E-state index in [1.54, 1.807) is 14.2 Å². The molecule has 0 unspecified atom stereocenters. The lowest BCUT2D eigenvalue weighted by atomic mass is 9.99. The minimum absolute atomic E-state index is 0.0315. The topological polar surface area (TPSA) is 40.5 Å². The minimum atomic E-state index is 0.0315. The summed E-state index contributed by atoms with van der Waals surface area (Å²) in [5.41, 5.74) is 3.45. The molecule has 3 rings (SSSR count). The van der Waals surface area contributed by atoms with Gasteiger partial charge in [0.1, 0.15) is 11.5 Å². The number of fused-ring (bicyclic) bond motifs is 1. The molecule has 4 nitrogen and oxygen atoms in total. The predicted octanol–water partition coefficient (Wildman–Crippen LogP) is 3.79. The molecular formula is C20H21NO3. The van der Waals surface area contributed by atoms with E-state index >= 15 is 0 Å². The molecule has 0 radical (unpaired) electrons. The van der Waals surface area contributed by atoms with Crippen LogP contribution in [0.4, 0.5) is 0 Å². The minimum Gasteiger partial charge on any atom is -0.497 e. The van der Waals surface area contributed by atoms with E-state index in [2.05, 4.69) is 6.92 Å². The molecule has 0 bridgehead atoms. The second-order valence-electron chi connectivity index (χ2n) is 5.72. The number of pyridine rings is 1. The van der Waals surface area contributed by atoms with Crippen LogP contribution in [0, 0.1) is 0 Å². The normalized spacial score (nSPS) is 10.8. The van der Waals surface area contributed by atoms with Crippen molar-refractivity contribution in [2.24, 2.45) is 7.05 Å². The maximum absolute atomic E-state index is 13.2. The van der Waals surface area contributed by atoms with Gasteiger partial charge in [-0.05, 0) is 35.7 Å². The number of aryl methyl sites for hydroxylation is 2. The first-order chi connectivity index (χ1) is 11.6. The molecule has 0 spiro atoms. The van der Waals surface area contributed by atoms with Crippen molar-refractivity contribution in [2.75, 3.05) is 14.2 Å². The van der Waals surface area contributed by atoms with Crippen molar-refractivity contribution in [1.29, 1.82) is 0 Å². The SMILES string of the molecule is CCc1ccc(OC)c2c1c(=O)c(-c1ccc(OC)cc1)cn2C. The van der Waals surface area contributed by atoms with Crippen LogP contribution in [-0.2, 0) is 13.5 Å². The van der Waals surface area contributed by atoms with Crippen molar-refractivity contribution in [1.82, 2.24) is 4.57 Å². The second kappa shape index (κ2) is 6.40. The zero-order valence-electron chi connectivity index (χ0n) is 14.4. The van der Waals surface area contributed by atoms with E-state index < -0.39 is 0 Å². The Hall–Kier alpha value is -2.75. The Labute approximate surface area is 141 Å². The molecule has 0 saturated carbocycles. The third-order valence-corrected chi connectivity index (χ3v) is 4.38. The number of benzene rings is 2. The van der Waals surface area contributed by atoms with Crippen LogP contribution in [0.15, 0.2) is 47.4 Å². The molecule has 0 saturated heterocycles. The van der Waals surface area contributed by atoms with Gasteiger partial charge < -0.3 is 14.0 Å². The molecule has 0 aliphatic carbocycles. The Morgan fingerprint density at radius 3 is 2.29 bits per heavy atom. The number of methoxy groups -OCH3 is 2. The van der Waals surface area contributed by atoms with Crippen LogP contribution in [-0.4, -0.2) is 18.8 Å². The predicted molar refractivity (Wildman–Crippen MR) is 97.1 cm³/mol. The third-order valence-electron chi connectivity index (χ3n) is 4.38. The second-order valence-corrected chi connectivity index (χ2v) is 5.72. The highest BCUT2D eigenvalue weighted by atomic mass is 16.5. The van der Waals surface area contributed by atoms with Gasteiger partial charge in [0.05, 0.1) is 25.1 Å². The highest BCUT2D eigenvalue weighted by molar-refractivity contribution is 5.91. The Balaban J connectivity index is 2.35. The first-order valence-corrected chi connectivity index (χ1v) is 7.94. The molecule has 2 aromatic carbocycles. The van der Waals surface area contributed by atoms with Crippen LogP contribution in [0.1, 0.15) is 12.5 Å². The Morgan fingerprint density at radius 2 is 1.71 bits per heavy atom. The van der Waals surface area contributed by atoms with Gasteiger partial charge in [-0.15, -0.1) is 0 Å². The van der Waals surface area contributed by atoms with Gasteiger partial charge in [0.2, 0.25) is 0 Å². The first kappa shape index (κ1) is 16.1. The van der Waals surface area contributed by atoms with Gasteiger partial charge in [0.25, 0.3) is 0 Å². The summed E-state index contributed by atoms with van der Waals surface area (Å²) in [4.78, 5) is 13.2. The van der Waals surface area contributed by atoms with E-state index in [0.29, 0.717) is 11.3 Å². The Bertz CT molecular complexity index is 940. The van der Waals surface area contributed by atoms with E-state index in [1.807, 2.05) is 54.2 Å². The number of hydrogen-bond acceptors (Lipinski definition) is 3. The standard InChI is InChI=1S/C20H21NO3/c1-5-13-8-11-17(24-4)19-18(13)20(22)16(12-21(19)2)14-6-9-15(23-3)10-7-14/h6-12H,5H2,1-4H3. The number of nitrogens with zero attached hydrogens (tertiary/aromatic N) is 1. The molecule has 24 heavy (non-hydrogen) atoms. The molecule has 0 atom stereocenters. The fourth-order valence-corrected chi connectivity index (χ4v) is 3.10. The summed E-state index contributed by atoms with van der Waals surface area (Å²) >= 11 is 0. The molecule has 0 aliphatic rings. The molecule has 0 aliphatic heterocycles. The van der Waals surface area contributed by atoms with Gasteiger partial charge in [-0.1, -0.05) is 25.1 Å². The molecule has 4 heteroatoms. The summed E-state index contributed by atoms with van der Waals surface area (Å²) in [6, 6.07) is 11.4. The zero-order valence-corrected chi connectivity index (χ0v) is 14.4. The lowest BCUT2D eigenvalue weighted by Gasteiger charge is -2.15. The van der Waals surface area contributed by atoms with E-state index in [0.717, 1.165) is 34.2 Å². The fourth-order valence-electron chi connectivity index (χ4n) is 3.10. The van der Waals surface area contributed by atoms with Gasteiger partial charge in [-0.25, -0.2) is 0 Å². The average Bonchev–Trinajstić information content (AvgIpc) is 2.63. The van der Waals surface area contributed by atoms with Gasteiger partial charge in [0.15, 0.2) is 5.43 Å². The van der Waals surface area contributed by atoms with Gasteiger partial charge >= 0.3 is 0 Å². The van der Waals surface area contributed by atoms with Gasteiger partial charge in [-0.3, -0.25) is 4.79 Å². The monoisotopic (exact) mass is 323 g/mol. The van der Waals surface area contributed by atoms with Crippen molar-refractivity contribution in [2.45, 2.75) is 13.3 Å². The number of aromatic nitrogens is 1. The van der Waals surface area contributed by atoms with E-state index in [4.69, 9.17) is 9.47 Å². The van der Waals surface area contributed by atoms with Gasteiger partial charge in [-0.2, -0.15) is 0 Å². The van der Waals surface area contributed by atoms with Crippen molar-refractivity contribution < 1.29 is 9.47 Å². The summed E-state index contributed by atoms with van der Waals surface area (Å²) in [7, 11) is 5.20. The highest BCUT2D eigenvalue weighted by Crippen LogP contribution is 2.29. The van der Waals surface area contributed by atoms with E-state index in [-0.39, 0.29) is 5.43 Å². The Kier molecular flexibility index (Phi) is 4.30. The summed E-state index contributed by atoms with van der Waals surface area (Å²) in [6.45, 7) is 2.06. The largest absolute Gasteiger partial charge is 0.497 e. The van der Waals surface area contributed by atoms with Crippen LogP contribution in [0.5, 0.6) is 11.5 Å². The highest BCUT2D eigenvalue weighted by Gasteiger charge is 2.15. The molecule has 0 amide bonds. The fraction of sp³-hybridized carbons (Fsp3) is 0.250. The lowest BCUT2D eigenvalue weighted by molar-refractivity contribution is 0.415. The van der Waals surface area contributed by atoms with Crippen molar-refractivity contribution in [3.63, 3.8) is 0 Å². The number of ether oxygens (including phenoxy) is 2. The van der Waals surface area contributed by atoms with E-state index in [9.17, 15) is 4.79 Å². The average molecular weight is 323 g/mol. The smallest absolute Gasteiger partial charge is 0.197 e. The molecule has 3 aromatic rings. The van der Waals surface area contributed by atoms with Crippen molar-refractivity contribution >= 4 is 10.9 Å². The summed E-state index contributed by atoms with van der Waals surface area (Å²) in [6.07, 6.45) is 2.66. The molecule has 0 fully saturated rings. The van der Waals surface area contributed by atoms with Crippen LogP contribution in [0.25, 0.3) is 22.0 Å². The number of rotatable bonds is 4. The summed E-state index contributed by atoms with van der Waals surface area (Å²) < 4.78 is 12.6. The summed E-state index contributed by atoms with van der Waals surface area (Å²) in [5.74, 6) is 1.48.